The molecule has 1 heterocycles. The van der Waals surface area contributed by atoms with E-state index in [1.807, 2.05) is 12.1 Å². The predicted octanol–water partition coefficient (Wildman–Crippen LogP) is 2.62. The van der Waals surface area contributed by atoms with Crippen molar-refractivity contribution in [3.05, 3.63) is 47.5 Å². The van der Waals surface area contributed by atoms with Gasteiger partial charge in [0, 0.05) is 14.1 Å². The summed E-state index contributed by atoms with van der Waals surface area (Å²) in [6.45, 7) is 6.94. The SMILES string of the molecule is Cc1cc(OCCOn2nnc3ccc(S(=O)(=O)N(C)C)cc32)ccc1C(C)C. The van der Waals surface area contributed by atoms with Crippen LogP contribution in [0, 0.1) is 6.92 Å². The molecule has 0 spiro atoms. The van der Waals surface area contributed by atoms with Crippen molar-refractivity contribution in [1.29, 1.82) is 0 Å². The Labute approximate surface area is 171 Å². The maximum atomic E-state index is 12.3. The molecule has 0 radical (unpaired) electrons. The summed E-state index contributed by atoms with van der Waals surface area (Å²) in [5.41, 5.74) is 3.51. The first kappa shape index (κ1) is 21.1. The molecule has 0 fully saturated rings. The molecule has 0 aliphatic rings. The molecule has 1 aromatic heterocycles. The molecule has 156 valence electrons. The lowest BCUT2D eigenvalue weighted by Gasteiger charge is -2.13. The largest absolute Gasteiger partial charge is 0.490 e. The van der Waals surface area contributed by atoms with Gasteiger partial charge < -0.3 is 9.57 Å². The van der Waals surface area contributed by atoms with Crippen LogP contribution >= 0.6 is 0 Å². The molecular weight excluding hydrogens is 392 g/mol. The predicted molar refractivity (Wildman–Crippen MR) is 111 cm³/mol. The second-order valence-corrected chi connectivity index (χ2v) is 9.41. The Kier molecular flexibility index (Phi) is 6.09. The number of aromatic nitrogens is 3. The number of benzene rings is 2. The maximum Gasteiger partial charge on any atom is 0.242 e. The third-order valence-corrected chi connectivity index (χ3v) is 6.41. The molecule has 0 N–H and O–H groups in total. The van der Waals surface area contributed by atoms with Crippen molar-refractivity contribution in [2.24, 2.45) is 0 Å². The highest BCUT2D eigenvalue weighted by Gasteiger charge is 2.19. The molecule has 0 saturated carbocycles. The fraction of sp³-hybridized carbons (Fsp3) is 0.400. The highest BCUT2D eigenvalue weighted by Crippen LogP contribution is 2.23. The van der Waals surface area contributed by atoms with Crippen molar-refractivity contribution in [2.75, 3.05) is 27.3 Å². The van der Waals surface area contributed by atoms with Gasteiger partial charge in [-0.1, -0.05) is 24.8 Å². The standard InChI is InChI=1S/C20H26N4O4S/c1-14(2)18-8-6-16(12-15(18)3)27-10-11-28-24-20-13-17(29(25,26)23(4)5)7-9-19(20)21-22-24/h6-9,12-14H,10-11H2,1-5H3. The molecule has 29 heavy (non-hydrogen) atoms. The molecule has 0 aliphatic carbocycles. The Morgan fingerprint density at radius 3 is 2.52 bits per heavy atom. The molecule has 0 bridgehead atoms. The van der Waals surface area contributed by atoms with E-state index in [0.29, 0.717) is 23.6 Å². The Bertz CT molecular complexity index is 1110. The number of nitrogens with zero attached hydrogens (tertiary/aromatic N) is 4. The van der Waals surface area contributed by atoms with Crippen LogP contribution in [0.15, 0.2) is 41.3 Å². The maximum absolute atomic E-state index is 12.3. The van der Waals surface area contributed by atoms with E-state index in [0.717, 1.165) is 10.1 Å². The zero-order valence-corrected chi connectivity index (χ0v) is 18.1. The minimum Gasteiger partial charge on any atom is -0.490 e. The fourth-order valence-electron chi connectivity index (χ4n) is 3.01. The van der Waals surface area contributed by atoms with Gasteiger partial charge in [0.15, 0.2) is 6.61 Å². The van der Waals surface area contributed by atoms with Crippen LogP contribution in [0.3, 0.4) is 0 Å². The summed E-state index contributed by atoms with van der Waals surface area (Å²) in [7, 11) is -0.585. The lowest BCUT2D eigenvalue weighted by molar-refractivity contribution is 0.0639. The highest BCUT2D eigenvalue weighted by molar-refractivity contribution is 7.89. The van der Waals surface area contributed by atoms with Gasteiger partial charge >= 0.3 is 0 Å². The first-order chi connectivity index (χ1) is 13.7. The number of rotatable bonds is 8. The van der Waals surface area contributed by atoms with Crippen molar-refractivity contribution in [2.45, 2.75) is 31.6 Å². The fourth-order valence-corrected chi connectivity index (χ4v) is 3.94. The van der Waals surface area contributed by atoms with Crippen LogP contribution in [0.25, 0.3) is 11.0 Å². The number of hydrogen-bond acceptors (Lipinski definition) is 6. The molecule has 3 aromatic rings. The van der Waals surface area contributed by atoms with E-state index in [2.05, 4.69) is 37.1 Å². The third-order valence-electron chi connectivity index (χ3n) is 4.59. The molecular formula is C20H26N4O4S. The molecule has 8 nitrogen and oxygen atoms in total. The number of sulfonamides is 1. The number of aryl methyl sites for hydroxylation is 1. The lowest BCUT2D eigenvalue weighted by atomic mass is 9.98. The van der Waals surface area contributed by atoms with Crippen molar-refractivity contribution in [3.63, 3.8) is 0 Å². The quantitative estimate of drug-likeness (QED) is 0.523. The van der Waals surface area contributed by atoms with Crippen LogP contribution in [0.2, 0.25) is 0 Å². The third kappa shape index (κ3) is 4.51. The van der Waals surface area contributed by atoms with Gasteiger partial charge in [0.05, 0.1) is 4.90 Å². The molecule has 3 rings (SSSR count). The van der Waals surface area contributed by atoms with Crippen LogP contribution in [-0.4, -0.2) is 55.2 Å². The van der Waals surface area contributed by atoms with E-state index < -0.39 is 10.0 Å². The van der Waals surface area contributed by atoms with Gasteiger partial charge in [-0.25, -0.2) is 12.7 Å². The average molecular weight is 419 g/mol. The van der Waals surface area contributed by atoms with Gasteiger partial charge in [-0.3, -0.25) is 0 Å². The Morgan fingerprint density at radius 2 is 1.86 bits per heavy atom. The van der Waals surface area contributed by atoms with Crippen LogP contribution in [0.5, 0.6) is 5.75 Å². The summed E-state index contributed by atoms with van der Waals surface area (Å²) < 4.78 is 31.6. The van der Waals surface area contributed by atoms with Gasteiger partial charge in [0.25, 0.3) is 0 Å². The van der Waals surface area contributed by atoms with Gasteiger partial charge in [-0.2, -0.15) is 0 Å². The Hall–Kier alpha value is -2.65. The monoisotopic (exact) mass is 418 g/mol. The lowest BCUT2D eigenvalue weighted by Crippen LogP contribution is -2.22. The van der Waals surface area contributed by atoms with Crippen molar-refractivity contribution in [3.8, 4) is 5.75 Å². The van der Waals surface area contributed by atoms with Crippen molar-refractivity contribution < 1.29 is 18.0 Å². The summed E-state index contributed by atoms with van der Waals surface area (Å²) in [6.07, 6.45) is 0. The van der Waals surface area contributed by atoms with E-state index in [1.54, 1.807) is 6.07 Å². The molecule has 9 heteroatoms. The van der Waals surface area contributed by atoms with Gasteiger partial charge in [-0.15, -0.1) is 5.10 Å². The van der Waals surface area contributed by atoms with E-state index in [4.69, 9.17) is 9.57 Å². The Balaban J connectivity index is 1.66. The minimum absolute atomic E-state index is 0.152. The topological polar surface area (TPSA) is 86.5 Å². The van der Waals surface area contributed by atoms with Crippen LogP contribution in [0.1, 0.15) is 30.9 Å². The van der Waals surface area contributed by atoms with Crippen LogP contribution < -0.4 is 9.57 Å². The minimum atomic E-state index is -3.55. The summed E-state index contributed by atoms with van der Waals surface area (Å²) in [5, 5.41) is 7.93. The second kappa shape index (κ2) is 8.38. The molecule has 0 atom stereocenters. The van der Waals surface area contributed by atoms with Gasteiger partial charge in [0.2, 0.25) is 10.0 Å². The van der Waals surface area contributed by atoms with E-state index in [9.17, 15) is 8.42 Å². The van der Waals surface area contributed by atoms with E-state index in [1.165, 1.54) is 42.2 Å². The number of ether oxygens (including phenoxy) is 1. The van der Waals surface area contributed by atoms with E-state index in [-0.39, 0.29) is 11.5 Å². The van der Waals surface area contributed by atoms with E-state index >= 15 is 0 Å². The van der Waals surface area contributed by atoms with Crippen LogP contribution in [0.4, 0.5) is 0 Å². The molecule has 2 aromatic carbocycles. The summed E-state index contributed by atoms with van der Waals surface area (Å²) in [5.74, 6) is 1.24. The summed E-state index contributed by atoms with van der Waals surface area (Å²) >= 11 is 0. The molecule has 0 saturated heterocycles. The van der Waals surface area contributed by atoms with Gasteiger partial charge in [-0.05, 0) is 59.5 Å². The van der Waals surface area contributed by atoms with Crippen LogP contribution in [-0.2, 0) is 10.0 Å². The highest BCUT2D eigenvalue weighted by atomic mass is 32.2. The number of fused-ring (bicyclic) bond motifs is 1. The zero-order chi connectivity index (χ0) is 21.2. The molecule has 0 aliphatic heterocycles. The van der Waals surface area contributed by atoms with Crippen molar-refractivity contribution in [1.82, 2.24) is 19.5 Å². The normalized spacial score (nSPS) is 12.1. The van der Waals surface area contributed by atoms with Gasteiger partial charge in [0.1, 0.15) is 23.4 Å². The smallest absolute Gasteiger partial charge is 0.242 e. The first-order valence-electron chi connectivity index (χ1n) is 9.35. The molecule has 0 unspecified atom stereocenters. The zero-order valence-electron chi connectivity index (χ0n) is 17.3. The number of hydrogen-bond donors (Lipinski definition) is 0. The molecule has 0 amide bonds. The second-order valence-electron chi connectivity index (χ2n) is 7.26. The van der Waals surface area contributed by atoms with Crippen molar-refractivity contribution >= 4 is 21.1 Å². The summed E-state index contributed by atoms with van der Waals surface area (Å²) in [4.78, 5) is 6.99. The Morgan fingerprint density at radius 1 is 1.10 bits per heavy atom. The summed E-state index contributed by atoms with van der Waals surface area (Å²) in [6, 6.07) is 10.6. The first-order valence-corrected chi connectivity index (χ1v) is 10.8. The average Bonchev–Trinajstić information content (AvgIpc) is 3.07.